The summed E-state index contributed by atoms with van der Waals surface area (Å²) in [5.41, 5.74) is 3.15. The Morgan fingerprint density at radius 2 is 1.67 bits per heavy atom. The summed E-state index contributed by atoms with van der Waals surface area (Å²) in [6.07, 6.45) is 0. The molecule has 1 nitrogen and oxygen atoms in total. The van der Waals surface area contributed by atoms with E-state index in [1.807, 2.05) is 0 Å². The van der Waals surface area contributed by atoms with Crippen molar-refractivity contribution >= 4 is 5.69 Å². The molecule has 0 unspecified atom stereocenters. The molecule has 1 aliphatic heterocycles. The third-order valence-electron chi connectivity index (χ3n) is 4.57. The first-order valence-corrected chi connectivity index (χ1v) is 5.73. The highest BCUT2D eigenvalue weighted by molar-refractivity contribution is 5.58. The summed E-state index contributed by atoms with van der Waals surface area (Å²) in [6.45, 7) is 11.6. The molecule has 1 heterocycles. The fourth-order valence-corrected chi connectivity index (χ4v) is 2.42. The normalized spacial score (nSPS) is 26.6. The first-order valence-electron chi connectivity index (χ1n) is 5.73. The molecule has 1 aromatic carbocycles. The molecule has 1 atom stereocenters. The van der Waals surface area contributed by atoms with E-state index in [9.17, 15) is 0 Å². The number of hydrogen-bond donors (Lipinski definition) is 1. The molecule has 1 aromatic rings. The summed E-state index contributed by atoms with van der Waals surface area (Å²) >= 11 is 0. The van der Waals surface area contributed by atoms with E-state index in [4.69, 9.17) is 0 Å². The van der Waals surface area contributed by atoms with Crippen LogP contribution in [-0.2, 0) is 0 Å². The maximum Gasteiger partial charge on any atom is 0.0379 e. The van der Waals surface area contributed by atoms with Crippen molar-refractivity contribution in [2.45, 2.75) is 46.1 Å². The van der Waals surface area contributed by atoms with Crippen LogP contribution in [0.25, 0.3) is 0 Å². The van der Waals surface area contributed by atoms with Crippen LogP contribution in [0.2, 0.25) is 0 Å². The number of fused-ring (bicyclic) bond motifs is 1. The van der Waals surface area contributed by atoms with E-state index in [1.54, 1.807) is 0 Å². The molecule has 15 heavy (non-hydrogen) atoms. The quantitative estimate of drug-likeness (QED) is 0.671. The molecule has 0 amide bonds. The molecule has 2 rings (SSSR count). The zero-order chi connectivity index (χ0) is 11.3. The van der Waals surface area contributed by atoms with Crippen molar-refractivity contribution in [1.82, 2.24) is 0 Å². The van der Waals surface area contributed by atoms with E-state index in [-0.39, 0.29) is 11.0 Å². The fraction of sp³-hybridized carbons (Fsp3) is 0.571. The van der Waals surface area contributed by atoms with Crippen LogP contribution in [0, 0.1) is 5.41 Å². The number of rotatable bonds is 0. The molecule has 0 fully saturated rings. The average Bonchev–Trinajstić information content (AvgIpc) is 2.15. The Bertz CT molecular complexity index is 377. The van der Waals surface area contributed by atoms with Crippen molar-refractivity contribution in [1.29, 1.82) is 0 Å². The third kappa shape index (κ3) is 1.37. The second-order valence-corrected chi connectivity index (χ2v) is 5.78. The minimum absolute atomic E-state index is 0.140. The van der Waals surface area contributed by atoms with Gasteiger partial charge in [-0.1, -0.05) is 39.0 Å². The summed E-state index contributed by atoms with van der Waals surface area (Å²) in [7, 11) is 0. The molecular weight excluding hydrogens is 182 g/mol. The van der Waals surface area contributed by atoms with E-state index in [1.165, 1.54) is 11.3 Å². The average molecular weight is 203 g/mol. The van der Waals surface area contributed by atoms with Gasteiger partial charge in [-0.3, -0.25) is 0 Å². The lowest BCUT2D eigenvalue weighted by atomic mass is 9.62. The zero-order valence-electron chi connectivity index (χ0n) is 10.4. The molecule has 1 N–H and O–H groups in total. The van der Waals surface area contributed by atoms with Gasteiger partial charge in [0, 0.05) is 11.2 Å². The maximum atomic E-state index is 3.66. The summed E-state index contributed by atoms with van der Waals surface area (Å²) in [5.74, 6) is 0.588. The highest BCUT2D eigenvalue weighted by Gasteiger charge is 2.45. The topological polar surface area (TPSA) is 12.0 Å². The number of para-hydroxylation sites is 1. The standard InChI is InChI=1S/C14H21N/c1-10-11-8-6-7-9-12(11)15-14(4,5)13(10,2)3/h6-10,15H,1-5H3/t10-/m1/s1. The molecule has 0 aromatic heterocycles. The maximum absolute atomic E-state index is 3.66. The molecule has 0 bridgehead atoms. The molecular formula is C14H21N. The van der Waals surface area contributed by atoms with E-state index in [0.717, 1.165) is 0 Å². The Hall–Kier alpha value is -0.980. The van der Waals surface area contributed by atoms with Gasteiger partial charge in [-0.05, 0) is 36.8 Å². The second-order valence-electron chi connectivity index (χ2n) is 5.78. The SMILES string of the molecule is C[C@@H]1c2ccccc2NC(C)(C)C1(C)C. The van der Waals surface area contributed by atoms with Gasteiger partial charge in [-0.2, -0.15) is 0 Å². The number of benzene rings is 1. The van der Waals surface area contributed by atoms with Crippen LogP contribution in [-0.4, -0.2) is 5.54 Å². The third-order valence-corrected chi connectivity index (χ3v) is 4.57. The molecule has 82 valence electrons. The second kappa shape index (κ2) is 3.01. The van der Waals surface area contributed by atoms with E-state index in [0.29, 0.717) is 5.92 Å². The summed E-state index contributed by atoms with van der Waals surface area (Å²) in [5, 5.41) is 3.66. The van der Waals surface area contributed by atoms with E-state index in [2.05, 4.69) is 64.2 Å². The van der Waals surface area contributed by atoms with Crippen molar-refractivity contribution in [2.24, 2.45) is 5.41 Å². The van der Waals surface area contributed by atoms with Crippen molar-refractivity contribution in [3.8, 4) is 0 Å². The number of hydrogen-bond acceptors (Lipinski definition) is 1. The molecule has 0 spiro atoms. The van der Waals surface area contributed by atoms with Crippen LogP contribution < -0.4 is 5.32 Å². The van der Waals surface area contributed by atoms with Crippen molar-refractivity contribution < 1.29 is 0 Å². The van der Waals surface area contributed by atoms with Gasteiger partial charge in [-0.25, -0.2) is 0 Å². The van der Waals surface area contributed by atoms with Gasteiger partial charge < -0.3 is 5.32 Å². The van der Waals surface area contributed by atoms with Gasteiger partial charge in [-0.15, -0.1) is 0 Å². The minimum Gasteiger partial charge on any atom is -0.379 e. The van der Waals surface area contributed by atoms with Crippen LogP contribution in [0.4, 0.5) is 5.69 Å². The summed E-state index contributed by atoms with van der Waals surface area (Å²) in [6, 6.07) is 8.66. The first-order chi connectivity index (χ1) is 6.86. The van der Waals surface area contributed by atoms with Gasteiger partial charge in [0.2, 0.25) is 0 Å². The van der Waals surface area contributed by atoms with Gasteiger partial charge in [0.05, 0.1) is 0 Å². The Labute approximate surface area is 92.9 Å². The van der Waals surface area contributed by atoms with Crippen LogP contribution in [0.15, 0.2) is 24.3 Å². The summed E-state index contributed by atoms with van der Waals surface area (Å²) in [4.78, 5) is 0. The number of anilines is 1. The molecule has 0 aliphatic carbocycles. The Morgan fingerprint density at radius 1 is 1.07 bits per heavy atom. The lowest BCUT2D eigenvalue weighted by Crippen LogP contribution is -2.51. The van der Waals surface area contributed by atoms with Gasteiger partial charge in [0.25, 0.3) is 0 Å². The van der Waals surface area contributed by atoms with E-state index >= 15 is 0 Å². The van der Waals surface area contributed by atoms with E-state index < -0.39 is 0 Å². The monoisotopic (exact) mass is 203 g/mol. The predicted molar refractivity (Wildman–Crippen MR) is 66.3 cm³/mol. The lowest BCUT2D eigenvalue weighted by Gasteiger charge is -2.51. The van der Waals surface area contributed by atoms with Crippen molar-refractivity contribution in [3.05, 3.63) is 29.8 Å². The number of nitrogens with one attached hydrogen (secondary N) is 1. The highest BCUT2D eigenvalue weighted by atomic mass is 15.0. The van der Waals surface area contributed by atoms with Crippen LogP contribution in [0.5, 0.6) is 0 Å². The molecule has 1 aliphatic rings. The lowest BCUT2D eigenvalue weighted by molar-refractivity contribution is 0.173. The Morgan fingerprint density at radius 3 is 2.33 bits per heavy atom. The van der Waals surface area contributed by atoms with Gasteiger partial charge >= 0.3 is 0 Å². The molecule has 0 saturated heterocycles. The highest BCUT2D eigenvalue weighted by Crippen LogP contribution is 2.50. The fourth-order valence-electron chi connectivity index (χ4n) is 2.42. The molecule has 0 radical (unpaired) electrons. The smallest absolute Gasteiger partial charge is 0.0379 e. The van der Waals surface area contributed by atoms with Crippen LogP contribution in [0.3, 0.4) is 0 Å². The van der Waals surface area contributed by atoms with Crippen molar-refractivity contribution in [2.75, 3.05) is 5.32 Å². The molecule has 1 heteroatoms. The Balaban J connectivity index is 2.56. The van der Waals surface area contributed by atoms with Crippen LogP contribution >= 0.6 is 0 Å². The van der Waals surface area contributed by atoms with Gasteiger partial charge in [0.1, 0.15) is 0 Å². The van der Waals surface area contributed by atoms with Gasteiger partial charge in [0.15, 0.2) is 0 Å². The predicted octanol–water partition coefficient (Wildman–Crippen LogP) is 4.02. The largest absolute Gasteiger partial charge is 0.379 e. The van der Waals surface area contributed by atoms with Crippen molar-refractivity contribution in [3.63, 3.8) is 0 Å². The Kier molecular flexibility index (Phi) is 2.11. The molecule has 0 saturated carbocycles. The summed E-state index contributed by atoms with van der Waals surface area (Å²) < 4.78 is 0. The van der Waals surface area contributed by atoms with Crippen LogP contribution in [0.1, 0.15) is 46.1 Å². The minimum atomic E-state index is 0.140. The first kappa shape index (κ1) is 10.5. The zero-order valence-corrected chi connectivity index (χ0v) is 10.4.